The van der Waals surface area contributed by atoms with Crippen LogP contribution in [0.4, 0.5) is 0 Å². The van der Waals surface area contributed by atoms with Crippen LogP contribution in [0, 0.1) is 24.2 Å². The van der Waals surface area contributed by atoms with E-state index in [1.54, 1.807) is 24.3 Å². The predicted octanol–water partition coefficient (Wildman–Crippen LogP) is 5.68. The fourth-order valence-corrected chi connectivity index (χ4v) is 6.12. The van der Waals surface area contributed by atoms with Crippen LogP contribution >= 0.6 is 0 Å². The summed E-state index contributed by atoms with van der Waals surface area (Å²) in [6.07, 6.45) is 9.04. The Morgan fingerprint density at radius 2 is 1.80 bits per heavy atom. The van der Waals surface area contributed by atoms with Crippen molar-refractivity contribution in [3.05, 3.63) is 70.4 Å². The van der Waals surface area contributed by atoms with Gasteiger partial charge in [-0.2, -0.15) is 5.26 Å². The minimum Gasteiger partial charge on any atom is -0.350 e. The number of hydrogen-bond donors (Lipinski definition) is 0. The van der Waals surface area contributed by atoms with E-state index in [1.165, 1.54) is 29.3 Å². The molecule has 1 aliphatic heterocycles. The maximum absolute atomic E-state index is 13.0. The van der Waals surface area contributed by atoms with E-state index < -0.39 is 0 Å². The smallest absolute Gasteiger partial charge is 0.225 e. The number of nitriles is 1. The summed E-state index contributed by atoms with van der Waals surface area (Å²) in [4.78, 5) is 28.0. The van der Waals surface area contributed by atoms with Crippen molar-refractivity contribution in [2.24, 2.45) is 13.0 Å². The van der Waals surface area contributed by atoms with Gasteiger partial charge in [-0.3, -0.25) is 9.59 Å². The van der Waals surface area contributed by atoms with Crippen molar-refractivity contribution in [3.63, 3.8) is 0 Å². The number of piperidine rings is 1. The molecule has 3 aromatic rings. The molecule has 2 heterocycles. The number of amides is 1. The summed E-state index contributed by atoms with van der Waals surface area (Å²) in [5.41, 5.74) is 5.80. The third kappa shape index (κ3) is 4.50. The second kappa shape index (κ2) is 9.70. The van der Waals surface area contributed by atoms with Gasteiger partial charge < -0.3 is 9.47 Å². The van der Waals surface area contributed by atoms with E-state index in [2.05, 4.69) is 47.8 Å². The first-order chi connectivity index (χ1) is 17.0. The van der Waals surface area contributed by atoms with Crippen molar-refractivity contribution in [1.82, 2.24) is 9.47 Å². The molecular formula is C30H33N3O2. The van der Waals surface area contributed by atoms with E-state index in [1.807, 2.05) is 0 Å². The third-order valence-electron chi connectivity index (χ3n) is 8.17. The van der Waals surface area contributed by atoms with E-state index >= 15 is 0 Å². The molecule has 1 aliphatic carbocycles. The Morgan fingerprint density at radius 3 is 2.51 bits per heavy atom. The molecule has 1 aromatic heterocycles. The molecule has 2 aliphatic rings. The average Bonchev–Trinajstić information content (AvgIpc) is 3.54. The standard InChI is InChI=1S/C30H33N3O2/c1-20-24(17-28(34)25-9-5-6-21(16-25)18-31)10-11-27-29(20)26(19-32(27)2)22-12-14-33(15-13-22)30(35)23-7-3-4-8-23/h5-6,9-11,16,19,22-23H,3-4,7-8,12-15,17H2,1-2H3. The summed E-state index contributed by atoms with van der Waals surface area (Å²) in [6, 6.07) is 13.2. The molecule has 5 rings (SSSR count). The number of carbonyl (C=O) groups is 2. The molecule has 180 valence electrons. The topological polar surface area (TPSA) is 66.1 Å². The van der Waals surface area contributed by atoms with Crippen LogP contribution in [0.1, 0.15) is 77.1 Å². The lowest BCUT2D eigenvalue weighted by Crippen LogP contribution is -2.40. The van der Waals surface area contributed by atoms with E-state index in [0.29, 0.717) is 29.4 Å². The van der Waals surface area contributed by atoms with Gasteiger partial charge in [-0.05, 0) is 73.4 Å². The van der Waals surface area contributed by atoms with E-state index in [4.69, 9.17) is 5.26 Å². The van der Waals surface area contributed by atoms with Gasteiger partial charge in [-0.25, -0.2) is 0 Å². The monoisotopic (exact) mass is 467 g/mol. The molecule has 0 spiro atoms. The molecular weight excluding hydrogens is 434 g/mol. The highest BCUT2D eigenvalue weighted by Gasteiger charge is 2.31. The number of hydrogen-bond acceptors (Lipinski definition) is 3. The van der Waals surface area contributed by atoms with Crippen LogP contribution in [0.15, 0.2) is 42.6 Å². The van der Waals surface area contributed by atoms with Gasteiger partial charge in [-0.1, -0.05) is 31.0 Å². The maximum Gasteiger partial charge on any atom is 0.225 e. The molecule has 0 atom stereocenters. The zero-order valence-corrected chi connectivity index (χ0v) is 20.7. The lowest BCUT2D eigenvalue weighted by Gasteiger charge is -2.33. The lowest BCUT2D eigenvalue weighted by atomic mass is 9.86. The van der Waals surface area contributed by atoms with Crippen LogP contribution in [0.25, 0.3) is 10.9 Å². The molecule has 0 unspecified atom stereocenters. The van der Waals surface area contributed by atoms with Crippen molar-refractivity contribution >= 4 is 22.6 Å². The lowest BCUT2D eigenvalue weighted by molar-refractivity contribution is -0.136. The van der Waals surface area contributed by atoms with Gasteiger partial charge in [0.1, 0.15) is 0 Å². The molecule has 5 heteroatoms. The van der Waals surface area contributed by atoms with Gasteiger partial charge >= 0.3 is 0 Å². The fourth-order valence-electron chi connectivity index (χ4n) is 6.12. The predicted molar refractivity (Wildman–Crippen MR) is 137 cm³/mol. The normalized spacial score (nSPS) is 17.1. The van der Waals surface area contributed by atoms with Crippen LogP contribution in [-0.4, -0.2) is 34.2 Å². The summed E-state index contributed by atoms with van der Waals surface area (Å²) < 4.78 is 2.19. The molecule has 2 aromatic carbocycles. The number of aryl methyl sites for hydroxylation is 2. The van der Waals surface area contributed by atoms with Crippen molar-refractivity contribution in [3.8, 4) is 6.07 Å². The van der Waals surface area contributed by atoms with Crippen LogP contribution in [0.3, 0.4) is 0 Å². The maximum atomic E-state index is 13.0. The van der Waals surface area contributed by atoms with Gasteiger partial charge in [0.05, 0.1) is 11.6 Å². The molecule has 1 amide bonds. The zero-order chi connectivity index (χ0) is 24.5. The van der Waals surface area contributed by atoms with Crippen molar-refractivity contribution in [1.29, 1.82) is 5.26 Å². The SMILES string of the molecule is Cc1c(CC(=O)c2cccc(C#N)c2)ccc2c1c(C1CCN(C(=O)C3CCCC3)CC1)cn2C. The Labute approximate surface area is 207 Å². The van der Waals surface area contributed by atoms with Crippen molar-refractivity contribution < 1.29 is 9.59 Å². The van der Waals surface area contributed by atoms with Gasteiger partial charge in [0.2, 0.25) is 5.91 Å². The Hall–Kier alpha value is -3.39. The molecule has 0 radical (unpaired) electrons. The number of likely N-dealkylation sites (tertiary alicyclic amines) is 1. The Kier molecular flexibility index (Phi) is 6.47. The van der Waals surface area contributed by atoms with Gasteiger partial charge in [-0.15, -0.1) is 0 Å². The fraction of sp³-hybridized carbons (Fsp3) is 0.433. The highest BCUT2D eigenvalue weighted by molar-refractivity contribution is 5.99. The Balaban J connectivity index is 1.37. The van der Waals surface area contributed by atoms with E-state index in [9.17, 15) is 9.59 Å². The minimum absolute atomic E-state index is 0.0285. The first kappa shape index (κ1) is 23.4. The van der Waals surface area contributed by atoms with Gasteiger partial charge in [0.15, 0.2) is 5.78 Å². The number of ketones is 1. The van der Waals surface area contributed by atoms with Crippen LogP contribution < -0.4 is 0 Å². The second-order valence-corrected chi connectivity index (χ2v) is 10.3. The summed E-state index contributed by atoms with van der Waals surface area (Å²) >= 11 is 0. The number of fused-ring (bicyclic) bond motifs is 1. The third-order valence-corrected chi connectivity index (χ3v) is 8.17. The number of rotatable bonds is 5. The van der Waals surface area contributed by atoms with Gasteiger partial charge in [0, 0.05) is 55.1 Å². The highest BCUT2D eigenvalue weighted by Crippen LogP contribution is 2.38. The number of aromatic nitrogens is 1. The molecule has 35 heavy (non-hydrogen) atoms. The minimum atomic E-state index is 0.0285. The molecule has 2 fully saturated rings. The Bertz CT molecular complexity index is 1320. The molecule has 5 nitrogen and oxygen atoms in total. The zero-order valence-electron chi connectivity index (χ0n) is 20.7. The average molecular weight is 468 g/mol. The number of nitrogens with zero attached hydrogens (tertiary/aromatic N) is 3. The van der Waals surface area contributed by atoms with Crippen molar-refractivity contribution in [2.45, 2.75) is 57.8 Å². The van der Waals surface area contributed by atoms with Gasteiger partial charge in [0.25, 0.3) is 0 Å². The van der Waals surface area contributed by atoms with Crippen molar-refractivity contribution in [2.75, 3.05) is 13.1 Å². The van der Waals surface area contributed by atoms with Crippen LogP contribution in [0.5, 0.6) is 0 Å². The highest BCUT2D eigenvalue weighted by atomic mass is 16.2. The summed E-state index contributed by atoms with van der Waals surface area (Å²) in [7, 11) is 2.09. The second-order valence-electron chi connectivity index (χ2n) is 10.3. The molecule has 0 bridgehead atoms. The van der Waals surface area contributed by atoms with E-state index in [0.717, 1.165) is 49.9 Å². The summed E-state index contributed by atoms with van der Waals surface area (Å²) in [5, 5.41) is 10.4. The van der Waals surface area contributed by atoms with Crippen LogP contribution in [0.2, 0.25) is 0 Å². The van der Waals surface area contributed by atoms with E-state index in [-0.39, 0.29) is 11.7 Å². The largest absolute Gasteiger partial charge is 0.350 e. The molecule has 1 saturated heterocycles. The number of Topliss-reactive ketones (excluding diaryl/α,β-unsaturated/α-hetero) is 1. The Morgan fingerprint density at radius 1 is 1.06 bits per heavy atom. The summed E-state index contributed by atoms with van der Waals surface area (Å²) in [5.74, 6) is 1.07. The van der Waals surface area contributed by atoms with Crippen LogP contribution in [-0.2, 0) is 18.3 Å². The first-order valence-corrected chi connectivity index (χ1v) is 12.9. The molecule has 0 N–H and O–H groups in total. The number of benzene rings is 2. The molecule has 1 saturated carbocycles. The quantitative estimate of drug-likeness (QED) is 0.454. The first-order valence-electron chi connectivity index (χ1n) is 12.9. The number of carbonyl (C=O) groups excluding carboxylic acids is 2. The summed E-state index contributed by atoms with van der Waals surface area (Å²) in [6.45, 7) is 3.80.